The minimum Gasteiger partial charge on any atom is -0.305 e. The van der Waals surface area contributed by atoms with Crippen LogP contribution in [0.2, 0.25) is 0 Å². The molecule has 0 radical (unpaired) electrons. The Labute approximate surface area is 118 Å². The zero-order valence-electron chi connectivity index (χ0n) is 11.5. The number of pyridine rings is 2. The second-order valence-corrected chi connectivity index (χ2v) is 4.85. The molecule has 1 aromatic carbocycles. The highest BCUT2D eigenvalue weighted by atomic mass is 14.9. The van der Waals surface area contributed by atoms with Crippen molar-refractivity contribution in [2.24, 2.45) is 0 Å². The molecule has 3 nitrogen and oxygen atoms in total. The molecule has 0 aliphatic heterocycles. The molecule has 3 aromatic rings. The summed E-state index contributed by atoms with van der Waals surface area (Å²) in [5.74, 6) is 0. The third kappa shape index (κ3) is 2.68. The lowest BCUT2D eigenvalue weighted by atomic mass is 10.1. The quantitative estimate of drug-likeness (QED) is 0.783. The maximum Gasteiger partial charge on any atom is 0.0746 e. The van der Waals surface area contributed by atoms with E-state index >= 15 is 0 Å². The van der Waals surface area contributed by atoms with Crippen LogP contribution in [-0.2, 0) is 6.54 Å². The van der Waals surface area contributed by atoms with E-state index in [1.54, 1.807) is 0 Å². The van der Waals surface area contributed by atoms with Gasteiger partial charge in [-0.15, -0.1) is 0 Å². The number of nitrogens with one attached hydrogen (secondary N) is 1. The Morgan fingerprint density at radius 1 is 0.950 bits per heavy atom. The predicted octanol–water partition coefficient (Wildman–Crippen LogP) is 3.48. The van der Waals surface area contributed by atoms with E-state index in [9.17, 15) is 0 Å². The van der Waals surface area contributed by atoms with Crippen LogP contribution >= 0.6 is 0 Å². The van der Waals surface area contributed by atoms with Crippen molar-refractivity contribution in [1.29, 1.82) is 0 Å². The van der Waals surface area contributed by atoms with Crippen LogP contribution in [0.3, 0.4) is 0 Å². The summed E-state index contributed by atoms with van der Waals surface area (Å²) < 4.78 is 0. The van der Waals surface area contributed by atoms with Gasteiger partial charge in [0.05, 0.1) is 11.2 Å². The van der Waals surface area contributed by atoms with Gasteiger partial charge in [-0.3, -0.25) is 9.97 Å². The normalized spacial score (nSPS) is 12.4. The lowest BCUT2D eigenvalue weighted by Gasteiger charge is -2.14. The molecule has 2 heterocycles. The lowest BCUT2D eigenvalue weighted by molar-refractivity contribution is 0.563. The Hall–Kier alpha value is -2.26. The van der Waals surface area contributed by atoms with E-state index in [4.69, 9.17) is 0 Å². The van der Waals surface area contributed by atoms with Crippen molar-refractivity contribution >= 4 is 10.9 Å². The van der Waals surface area contributed by atoms with Crippen molar-refractivity contribution < 1.29 is 0 Å². The summed E-state index contributed by atoms with van der Waals surface area (Å²) in [5, 5.41) is 4.68. The molecule has 2 aromatic heterocycles. The van der Waals surface area contributed by atoms with Gasteiger partial charge in [-0.25, -0.2) is 0 Å². The van der Waals surface area contributed by atoms with E-state index in [1.807, 2.05) is 36.7 Å². The fourth-order valence-corrected chi connectivity index (χ4v) is 2.31. The highest BCUT2D eigenvalue weighted by Crippen LogP contribution is 2.17. The summed E-state index contributed by atoms with van der Waals surface area (Å²) in [6.45, 7) is 2.91. The van der Waals surface area contributed by atoms with Crippen molar-refractivity contribution in [2.45, 2.75) is 19.5 Å². The van der Waals surface area contributed by atoms with Gasteiger partial charge >= 0.3 is 0 Å². The first-order valence-corrected chi connectivity index (χ1v) is 6.81. The summed E-state index contributed by atoms with van der Waals surface area (Å²) in [6.07, 6.45) is 3.67. The number of hydrogen-bond donors (Lipinski definition) is 1. The van der Waals surface area contributed by atoms with E-state index in [-0.39, 0.29) is 6.04 Å². The summed E-state index contributed by atoms with van der Waals surface area (Å²) in [4.78, 5) is 8.85. The maximum atomic E-state index is 4.48. The maximum absolute atomic E-state index is 4.48. The summed E-state index contributed by atoms with van der Waals surface area (Å²) in [7, 11) is 0. The second-order valence-electron chi connectivity index (χ2n) is 4.85. The number of nitrogens with zero attached hydrogens (tertiary/aromatic N) is 2. The minimum atomic E-state index is 0.218. The molecule has 1 N–H and O–H groups in total. The van der Waals surface area contributed by atoms with Crippen LogP contribution in [0.1, 0.15) is 24.2 Å². The Balaban J connectivity index is 1.77. The molecule has 0 amide bonds. The third-order valence-corrected chi connectivity index (χ3v) is 3.45. The summed E-state index contributed by atoms with van der Waals surface area (Å²) in [6, 6.07) is 16.6. The topological polar surface area (TPSA) is 37.8 Å². The van der Waals surface area contributed by atoms with Crippen molar-refractivity contribution in [2.75, 3.05) is 0 Å². The average molecular weight is 263 g/mol. The van der Waals surface area contributed by atoms with E-state index in [0.29, 0.717) is 0 Å². The minimum absolute atomic E-state index is 0.218. The van der Waals surface area contributed by atoms with Crippen LogP contribution in [0.4, 0.5) is 0 Å². The monoisotopic (exact) mass is 263 g/mol. The zero-order chi connectivity index (χ0) is 13.8. The fourth-order valence-electron chi connectivity index (χ4n) is 2.31. The Kier molecular flexibility index (Phi) is 3.70. The Morgan fingerprint density at radius 3 is 2.65 bits per heavy atom. The Morgan fingerprint density at radius 2 is 1.80 bits per heavy atom. The molecular formula is C17H17N3. The SMILES string of the molecule is C[C@@H](NCc1cccc2cccnc12)c1ccccn1. The zero-order valence-corrected chi connectivity index (χ0v) is 11.5. The smallest absolute Gasteiger partial charge is 0.0746 e. The standard InChI is InChI=1S/C17H17N3/c1-13(16-9-2-3-10-18-16)20-12-15-7-4-6-14-8-5-11-19-17(14)15/h2-11,13,20H,12H2,1H3/t13-/m1/s1. The largest absolute Gasteiger partial charge is 0.305 e. The molecule has 20 heavy (non-hydrogen) atoms. The van der Waals surface area contributed by atoms with Gasteiger partial charge in [0.1, 0.15) is 0 Å². The van der Waals surface area contributed by atoms with Crippen molar-refractivity contribution in [3.05, 3.63) is 72.2 Å². The molecule has 0 saturated carbocycles. The van der Waals surface area contributed by atoms with Gasteiger partial charge in [0.2, 0.25) is 0 Å². The first-order chi connectivity index (χ1) is 9.84. The number of benzene rings is 1. The molecule has 0 spiro atoms. The molecule has 3 rings (SSSR count). The Bertz CT molecular complexity index is 689. The van der Waals surface area contributed by atoms with E-state index in [0.717, 1.165) is 17.8 Å². The van der Waals surface area contributed by atoms with Gasteiger partial charge in [-0.2, -0.15) is 0 Å². The molecule has 0 unspecified atom stereocenters. The van der Waals surface area contributed by atoms with Crippen molar-refractivity contribution in [3.8, 4) is 0 Å². The first kappa shape index (κ1) is 12.8. The van der Waals surface area contributed by atoms with Gasteiger partial charge in [0, 0.05) is 30.4 Å². The average Bonchev–Trinajstić information content (AvgIpc) is 2.53. The second kappa shape index (κ2) is 5.80. The number of hydrogen-bond acceptors (Lipinski definition) is 3. The number of para-hydroxylation sites is 1. The molecule has 1 atom stereocenters. The van der Waals surface area contributed by atoms with Crippen LogP contribution in [0, 0.1) is 0 Å². The molecule has 0 aliphatic rings. The molecule has 3 heteroatoms. The van der Waals surface area contributed by atoms with E-state index in [2.05, 4.69) is 46.5 Å². The fraction of sp³-hybridized carbons (Fsp3) is 0.176. The van der Waals surface area contributed by atoms with Crippen molar-refractivity contribution in [3.63, 3.8) is 0 Å². The lowest BCUT2D eigenvalue weighted by Crippen LogP contribution is -2.19. The number of aromatic nitrogens is 2. The van der Waals surface area contributed by atoms with Gasteiger partial charge < -0.3 is 5.32 Å². The summed E-state index contributed by atoms with van der Waals surface area (Å²) >= 11 is 0. The van der Waals surface area contributed by atoms with Gasteiger partial charge in [0.15, 0.2) is 0 Å². The number of rotatable bonds is 4. The van der Waals surface area contributed by atoms with Crippen LogP contribution in [0.25, 0.3) is 10.9 Å². The van der Waals surface area contributed by atoms with Gasteiger partial charge in [0.25, 0.3) is 0 Å². The summed E-state index contributed by atoms with van der Waals surface area (Å²) in [5.41, 5.74) is 3.34. The van der Waals surface area contributed by atoms with Gasteiger partial charge in [-0.1, -0.05) is 30.3 Å². The van der Waals surface area contributed by atoms with Crippen LogP contribution < -0.4 is 5.32 Å². The number of fused-ring (bicyclic) bond motifs is 1. The van der Waals surface area contributed by atoms with E-state index in [1.165, 1.54) is 10.9 Å². The van der Waals surface area contributed by atoms with Crippen LogP contribution in [-0.4, -0.2) is 9.97 Å². The molecule has 100 valence electrons. The molecular weight excluding hydrogens is 246 g/mol. The van der Waals surface area contributed by atoms with Gasteiger partial charge in [-0.05, 0) is 30.7 Å². The highest BCUT2D eigenvalue weighted by molar-refractivity contribution is 5.81. The molecule has 0 saturated heterocycles. The highest BCUT2D eigenvalue weighted by Gasteiger charge is 2.07. The van der Waals surface area contributed by atoms with Crippen LogP contribution in [0.5, 0.6) is 0 Å². The molecule has 0 fully saturated rings. The van der Waals surface area contributed by atoms with E-state index < -0.39 is 0 Å². The van der Waals surface area contributed by atoms with Crippen LogP contribution in [0.15, 0.2) is 60.9 Å². The predicted molar refractivity (Wildman–Crippen MR) is 81.2 cm³/mol. The third-order valence-electron chi connectivity index (χ3n) is 3.45. The first-order valence-electron chi connectivity index (χ1n) is 6.81. The molecule has 0 bridgehead atoms. The van der Waals surface area contributed by atoms with Crippen molar-refractivity contribution in [1.82, 2.24) is 15.3 Å². The molecule has 0 aliphatic carbocycles.